The number of amides is 1. The molecule has 2 fully saturated rings. The number of carbonyl (C=O) groups is 1. The van der Waals surface area contributed by atoms with Crippen LogP contribution in [0.3, 0.4) is 0 Å². The average molecular weight is 1010 g/mol. The van der Waals surface area contributed by atoms with Gasteiger partial charge >= 0.3 is 7.82 Å². The van der Waals surface area contributed by atoms with E-state index in [-0.39, 0.29) is 43.7 Å². The number of carbonyl (C=O) groups excluding carboxylic acids is 1. The van der Waals surface area contributed by atoms with Crippen molar-refractivity contribution in [3.63, 3.8) is 0 Å². The van der Waals surface area contributed by atoms with E-state index in [0.29, 0.717) is 24.4 Å². The molecule has 0 saturated carbocycles. The minimum absolute atomic E-state index is 0.0595. The molecule has 2 aliphatic rings. The molecule has 3 heterocycles. The third-order valence-electron chi connectivity index (χ3n) is 14.3. The van der Waals surface area contributed by atoms with Gasteiger partial charge < -0.3 is 64.2 Å². The smallest absolute Gasteiger partial charge is 0.448 e. The number of nitrogens with zero attached hydrogens (tertiary/aromatic N) is 3. The van der Waals surface area contributed by atoms with Crippen LogP contribution in [0.5, 0.6) is 0 Å². The minimum Gasteiger partial charge on any atom is -0.448 e. The highest BCUT2D eigenvalue weighted by molar-refractivity contribution is 7.46. The zero-order valence-corrected chi connectivity index (χ0v) is 44.3. The molecule has 3 rings (SSSR count). The van der Waals surface area contributed by atoms with Crippen molar-refractivity contribution in [1.82, 2.24) is 15.2 Å². The molecule has 15 unspecified atom stereocenters. The van der Waals surface area contributed by atoms with Crippen LogP contribution in [0.4, 0.5) is 0 Å². The lowest BCUT2D eigenvalue weighted by atomic mass is 9.72. The molecule has 70 heavy (non-hydrogen) atoms. The topological polar surface area (TPSA) is 278 Å². The number of ether oxygens (including phenoxy) is 3. The molecule has 18 nitrogen and oxygen atoms in total. The molecule has 2 saturated heterocycles. The SMILES string of the molecule is CCCC(C(O)C(O)C(=O)NCCC(C)c1nc(/C=C\CC2OC3(CC(O)C2C)OC(C(CC(O)C(C)C(O)C(C)\C=C(C)/C(C)=C/C=C/C(C)=C\C#N)OC)C(OP(=O)(O)O)C3(C)C)co1)N(C)C. The molecule has 19 heteroatoms. The van der Waals surface area contributed by atoms with Gasteiger partial charge in [0.2, 0.25) is 0 Å². The molecule has 1 amide bonds. The maximum atomic E-state index is 12.7. The summed E-state index contributed by atoms with van der Waals surface area (Å²) < 4.78 is 43.1. The summed E-state index contributed by atoms with van der Waals surface area (Å²) in [5.74, 6) is -3.52. The standard InChI is InChI=1S/C51H83N4O14P/c1-14-17-38(55(11)12)44(59)45(60)48(61)53-25-23-32(4)49-54-37(29-66-49)20-16-21-41-35(7)40(57)28-51(67-41)50(9,10)47(69-70(62,63)64)46(68-51)42(65-13)27-39(56)36(8)43(58)34(6)26-33(5)31(3)19-15-18-30(2)22-24-52/h15-16,18-20,22,26,29,32,34-36,38-47,56-60H,14,17,21,23,25,27-28H2,1-13H3,(H,53,61)(H2,62,63,64)/b18-15+,20-16-,30-22-,31-19+,33-26-. The van der Waals surface area contributed by atoms with Gasteiger partial charge in [-0.25, -0.2) is 9.55 Å². The highest BCUT2D eigenvalue weighted by Gasteiger charge is 2.68. The van der Waals surface area contributed by atoms with Gasteiger partial charge in [-0.15, -0.1) is 0 Å². The van der Waals surface area contributed by atoms with E-state index in [9.17, 15) is 44.7 Å². The summed E-state index contributed by atoms with van der Waals surface area (Å²) in [7, 11) is -0.179. The van der Waals surface area contributed by atoms with Gasteiger partial charge in [-0.2, -0.15) is 5.26 Å². The lowest BCUT2D eigenvalue weighted by Crippen LogP contribution is -2.58. The number of methoxy groups -OCH3 is 1. The number of likely N-dealkylation sites (N-methyl/N-ethyl adjacent to an activating group) is 1. The maximum absolute atomic E-state index is 12.7. The van der Waals surface area contributed by atoms with Crippen LogP contribution in [0.25, 0.3) is 6.08 Å². The van der Waals surface area contributed by atoms with Crippen LogP contribution in [0, 0.1) is 34.5 Å². The van der Waals surface area contributed by atoms with Crippen molar-refractivity contribution < 1.29 is 67.8 Å². The van der Waals surface area contributed by atoms with Crippen molar-refractivity contribution in [2.45, 2.75) is 180 Å². The summed E-state index contributed by atoms with van der Waals surface area (Å²) in [5, 5.41) is 67.3. The summed E-state index contributed by atoms with van der Waals surface area (Å²) in [6.07, 6.45) is 5.83. The Morgan fingerprint density at radius 2 is 1.76 bits per heavy atom. The summed E-state index contributed by atoms with van der Waals surface area (Å²) in [5.41, 5.74) is 1.90. The predicted octanol–water partition coefficient (Wildman–Crippen LogP) is 5.84. The largest absolute Gasteiger partial charge is 0.469 e. The number of hydrogen-bond donors (Lipinski definition) is 8. The summed E-state index contributed by atoms with van der Waals surface area (Å²) in [4.78, 5) is 39.4. The molecule has 15 atom stereocenters. The number of phosphoric acid groups is 1. The number of nitriles is 1. The Morgan fingerprint density at radius 1 is 1.09 bits per heavy atom. The maximum Gasteiger partial charge on any atom is 0.469 e. The first kappa shape index (κ1) is 60.9. The van der Waals surface area contributed by atoms with Crippen molar-refractivity contribution in [2.24, 2.45) is 23.2 Å². The number of nitrogens with one attached hydrogen (secondary N) is 1. The second-order valence-electron chi connectivity index (χ2n) is 20.2. The third-order valence-corrected chi connectivity index (χ3v) is 14.8. The first-order chi connectivity index (χ1) is 32.6. The minimum atomic E-state index is -5.15. The van der Waals surface area contributed by atoms with E-state index in [4.69, 9.17) is 28.4 Å². The number of phosphoric ester groups is 1. The van der Waals surface area contributed by atoms with Crippen LogP contribution >= 0.6 is 7.82 Å². The number of aliphatic hydroxyl groups excluding tert-OH is 5. The fourth-order valence-corrected chi connectivity index (χ4v) is 9.95. The molecule has 1 aromatic rings. The Morgan fingerprint density at radius 3 is 2.36 bits per heavy atom. The Balaban J connectivity index is 1.74. The van der Waals surface area contributed by atoms with Gasteiger partial charge in [0, 0.05) is 67.7 Å². The van der Waals surface area contributed by atoms with Crippen LogP contribution in [-0.4, -0.2) is 146 Å². The third kappa shape index (κ3) is 16.3. The summed E-state index contributed by atoms with van der Waals surface area (Å²) in [6, 6.07) is 1.62. The number of allylic oxidation sites excluding steroid dienone is 7. The quantitative estimate of drug-likeness (QED) is 0.0307. The van der Waals surface area contributed by atoms with Crippen LogP contribution in [0.1, 0.15) is 125 Å². The second-order valence-corrected chi connectivity index (χ2v) is 21.4. The highest BCUT2D eigenvalue weighted by Crippen LogP contribution is 2.59. The summed E-state index contributed by atoms with van der Waals surface area (Å²) >= 11 is 0. The van der Waals surface area contributed by atoms with Gasteiger partial charge in [-0.05, 0) is 71.4 Å². The van der Waals surface area contributed by atoms with Crippen LogP contribution in [0.15, 0.2) is 63.9 Å². The lowest BCUT2D eigenvalue weighted by molar-refractivity contribution is -0.334. The zero-order valence-electron chi connectivity index (χ0n) is 43.4. The monoisotopic (exact) mass is 1010 g/mol. The molecule has 1 spiro atoms. The first-order valence-corrected chi connectivity index (χ1v) is 25.9. The van der Waals surface area contributed by atoms with Gasteiger partial charge in [0.1, 0.15) is 30.3 Å². The molecule has 1 aromatic heterocycles. The molecule has 0 bridgehead atoms. The van der Waals surface area contributed by atoms with Gasteiger partial charge in [-0.3, -0.25) is 9.32 Å². The number of aliphatic hydroxyl groups is 5. The Kier molecular flexibility index (Phi) is 23.6. The number of aromatic nitrogens is 1. The van der Waals surface area contributed by atoms with E-state index < -0.39 is 91.7 Å². The van der Waals surface area contributed by atoms with Gasteiger partial charge in [0.25, 0.3) is 5.91 Å². The van der Waals surface area contributed by atoms with Crippen LogP contribution < -0.4 is 5.32 Å². The van der Waals surface area contributed by atoms with E-state index in [1.807, 2.05) is 84.9 Å². The molecule has 0 aliphatic carbocycles. The average Bonchev–Trinajstić information content (AvgIpc) is 3.84. The lowest BCUT2D eigenvalue weighted by Gasteiger charge is -2.50. The predicted molar refractivity (Wildman–Crippen MR) is 265 cm³/mol. The van der Waals surface area contributed by atoms with Crippen LogP contribution in [-0.2, 0) is 28.1 Å². The Hall–Kier alpha value is -3.38. The molecule has 8 N–H and O–H groups in total. The molecular formula is C51H83N4O14P. The van der Waals surface area contributed by atoms with Crippen LogP contribution in [0.2, 0.25) is 0 Å². The Labute approximate surface area is 415 Å². The van der Waals surface area contributed by atoms with Gasteiger partial charge in [-0.1, -0.05) is 90.8 Å². The van der Waals surface area contributed by atoms with Gasteiger partial charge in [0.15, 0.2) is 17.8 Å². The van der Waals surface area contributed by atoms with E-state index in [1.54, 1.807) is 45.8 Å². The number of hydrogen-bond acceptors (Lipinski definition) is 15. The van der Waals surface area contributed by atoms with E-state index in [2.05, 4.69) is 10.3 Å². The van der Waals surface area contributed by atoms with Gasteiger partial charge in [0.05, 0.1) is 36.6 Å². The van der Waals surface area contributed by atoms with Crippen molar-refractivity contribution in [1.29, 1.82) is 5.26 Å². The highest BCUT2D eigenvalue weighted by atomic mass is 31.2. The second kappa shape index (κ2) is 27.1. The molecular weight excluding hydrogens is 924 g/mol. The van der Waals surface area contributed by atoms with E-state index in [0.717, 1.165) is 23.1 Å². The first-order valence-electron chi connectivity index (χ1n) is 24.3. The number of oxazole rings is 1. The van der Waals surface area contributed by atoms with Crippen molar-refractivity contribution in [3.8, 4) is 6.07 Å². The fourth-order valence-electron chi connectivity index (χ4n) is 9.27. The van der Waals surface area contributed by atoms with E-state index in [1.165, 1.54) is 19.4 Å². The fraction of sp³-hybridized carbons (Fsp3) is 0.706. The molecule has 396 valence electrons. The zero-order chi connectivity index (χ0) is 52.9. The van der Waals surface area contributed by atoms with Crippen molar-refractivity contribution >= 4 is 19.8 Å². The molecule has 2 aliphatic heterocycles. The molecule has 0 aromatic carbocycles. The number of rotatable bonds is 26. The Bertz CT molecular complexity index is 2070. The summed E-state index contributed by atoms with van der Waals surface area (Å²) in [6.45, 7) is 18.5. The van der Waals surface area contributed by atoms with E-state index >= 15 is 0 Å². The molecule has 0 radical (unpaired) electrons. The van der Waals surface area contributed by atoms with Crippen molar-refractivity contribution in [3.05, 3.63) is 71.0 Å². The normalized spacial score (nSPS) is 27.6. The van der Waals surface area contributed by atoms with Crippen molar-refractivity contribution in [2.75, 3.05) is 27.7 Å².